The minimum atomic E-state index is -0.00879. The van der Waals surface area contributed by atoms with Gasteiger partial charge in [-0.05, 0) is 73.1 Å². The summed E-state index contributed by atoms with van der Waals surface area (Å²) in [5.74, 6) is 3.52. The van der Waals surface area contributed by atoms with Crippen LogP contribution in [0.25, 0.3) is 0 Å². The predicted molar refractivity (Wildman–Crippen MR) is 82.6 cm³/mol. The molecule has 3 aliphatic rings. The fraction of sp³-hybridized carbons (Fsp3) is 0.632. The van der Waals surface area contributed by atoms with Crippen LogP contribution < -0.4 is 4.74 Å². The van der Waals surface area contributed by atoms with Crippen molar-refractivity contribution in [2.24, 2.45) is 17.3 Å². The fourth-order valence-corrected chi connectivity index (χ4v) is 5.46. The Morgan fingerprint density at radius 1 is 1.19 bits per heavy atom. The van der Waals surface area contributed by atoms with Crippen molar-refractivity contribution in [2.45, 2.75) is 51.4 Å². The predicted octanol–water partition coefficient (Wildman–Crippen LogP) is 4.12. The van der Waals surface area contributed by atoms with Gasteiger partial charge in [0.2, 0.25) is 0 Å². The maximum absolute atomic E-state index is 12.3. The lowest BCUT2D eigenvalue weighted by atomic mass is 9.55. The van der Waals surface area contributed by atoms with E-state index in [-0.39, 0.29) is 5.41 Å². The van der Waals surface area contributed by atoms with Crippen molar-refractivity contribution in [1.29, 1.82) is 0 Å². The number of carbonyl (C=O) groups excluding carboxylic acids is 1. The van der Waals surface area contributed by atoms with Gasteiger partial charge in [-0.25, -0.2) is 0 Å². The van der Waals surface area contributed by atoms with Crippen LogP contribution in [0.5, 0.6) is 5.75 Å². The Bertz CT molecular complexity index is 591. The topological polar surface area (TPSA) is 26.3 Å². The van der Waals surface area contributed by atoms with Gasteiger partial charge in [0.05, 0.1) is 7.11 Å². The Balaban J connectivity index is 1.70. The first kappa shape index (κ1) is 13.4. The summed E-state index contributed by atoms with van der Waals surface area (Å²) in [5, 5.41) is 0. The highest BCUT2D eigenvalue weighted by Crippen LogP contribution is 2.59. The standard InChI is InChI=1S/C19H24O2/c1-19-10-9-15-14-6-4-13(21-2)11-12(14)3-5-16(15)17(19)7-8-18(19)20/h4,6,11,15-17H,3,5,7-10H2,1-2H3/t15-,16-,17-,19-/m1/s1. The van der Waals surface area contributed by atoms with Gasteiger partial charge in [0, 0.05) is 11.8 Å². The second-order valence-electron chi connectivity index (χ2n) is 7.40. The molecule has 2 saturated carbocycles. The van der Waals surface area contributed by atoms with Crippen LogP contribution >= 0.6 is 0 Å². The van der Waals surface area contributed by atoms with Gasteiger partial charge in [0.1, 0.15) is 11.5 Å². The molecule has 0 saturated heterocycles. The van der Waals surface area contributed by atoms with Crippen molar-refractivity contribution < 1.29 is 9.53 Å². The molecule has 2 fully saturated rings. The molecule has 1 aromatic carbocycles. The molecule has 3 aliphatic carbocycles. The van der Waals surface area contributed by atoms with Gasteiger partial charge >= 0.3 is 0 Å². The molecule has 0 spiro atoms. The van der Waals surface area contributed by atoms with Gasteiger partial charge in [-0.2, -0.15) is 0 Å². The van der Waals surface area contributed by atoms with Crippen molar-refractivity contribution >= 4 is 5.78 Å². The van der Waals surface area contributed by atoms with Crippen molar-refractivity contribution in [3.8, 4) is 5.75 Å². The summed E-state index contributed by atoms with van der Waals surface area (Å²) in [7, 11) is 1.74. The Morgan fingerprint density at radius 2 is 2.05 bits per heavy atom. The molecule has 4 atom stereocenters. The summed E-state index contributed by atoms with van der Waals surface area (Å²) in [5.41, 5.74) is 3.00. The van der Waals surface area contributed by atoms with Crippen LogP contribution in [0, 0.1) is 17.3 Å². The van der Waals surface area contributed by atoms with Crippen LogP contribution in [-0.2, 0) is 11.2 Å². The Kier molecular flexibility index (Phi) is 2.92. The van der Waals surface area contributed by atoms with E-state index in [0.29, 0.717) is 17.6 Å². The van der Waals surface area contributed by atoms with E-state index in [2.05, 4.69) is 25.1 Å². The van der Waals surface area contributed by atoms with Crippen molar-refractivity contribution in [3.05, 3.63) is 29.3 Å². The van der Waals surface area contributed by atoms with Gasteiger partial charge in [-0.3, -0.25) is 4.79 Å². The number of aryl methyl sites for hydroxylation is 1. The molecular formula is C19H24O2. The van der Waals surface area contributed by atoms with Crippen LogP contribution in [-0.4, -0.2) is 12.9 Å². The van der Waals surface area contributed by atoms with Crippen molar-refractivity contribution in [1.82, 2.24) is 0 Å². The number of carbonyl (C=O) groups is 1. The fourth-order valence-electron chi connectivity index (χ4n) is 5.46. The van der Waals surface area contributed by atoms with E-state index >= 15 is 0 Å². The number of rotatable bonds is 1. The highest BCUT2D eigenvalue weighted by Gasteiger charge is 2.54. The number of Topliss-reactive ketones (excluding diaryl/α,β-unsaturated/α-hetero) is 1. The van der Waals surface area contributed by atoms with Crippen LogP contribution in [0.4, 0.5) is 0 Å². The second kappa shape index (κ2) is 4.59. The van der Waals surface area contributed by atoms with E-state index in [4.69, 9.17) is 4.74 Å². The van der Waals surface area contributed by atoms with Gasteiger partial charge in [0.25, 0.3) is 0 Å². The molecule has 0 radical (unpaired) electrons. The summed E-state index contributed by atoms with van der Waals surface area (Å²) >= 11 is 0. The number of ether oxygens (including phenoxy) is 1. The molecule has 21 heavy (non-hydrogen) atoms. The highest BCUT2D eigenvalue weighted by atomic mass is 16.5. The number of hydrogen-bond donors (Lipinski definition) is 0. The third-order valence-corrected chi connectivity index (χ3v) is 6.64. The summed E-state index contributed by atoms with van der Waals surface area (Å²) in [6.07, 6.45) is 6.61. The number of ketones is 1. The molecule has 0 unspecified atom stereocenters. The smallest absolute Gasteiger partial charge is 0.139 e. The van der Waals surface area contributed by atoms with E-state index in [9.17, 15) is 4.79 Å². The molecule has 0 amide bonds. The lowest BCUT2D eigenvalue weighted by Crippen LogP contribution is -2.42. The zero-order valence-corrected chi connectivity index (χ0v) is 13.0. The maximum atomic E-state index is 12.3. The lowest BCUT2D eigenvalue weighted by Gasteiger charge is -2.48. The van der Waals surface area contributed by atoms with E-state index < -0.39 is 0 Å². The van der Waals surface area contributed by atoms with Crippen molar-refractivity contribution in [2.75, 3.05) is 7.11 Å². The molecule has 1 aromatic rings. The summed E-state index contributed by atoms with van der Waals surface area (Å²) in [6, 6.07) is 6.61. The highest BCUT2D eigenvalue weighted by molar-refractivity contribution is 5.87. The molecular weight excluding hydrogens is 260 g/mol. The first-order chi connectivity index (χ1) is 10.1. The summed E-state index contributed by atoms with van der Waals surface area (Å²) < 4.78 is 5.37. The average Bonchev–Trinajstić information content (AvgIpc) is 2.82. The minimum Gasteiger partial charge on any atom is -0.497 e. The summed E-state index contributed by atoms with van der Waals surface area (Å²) in [4.78, 5) is 12.3. The Labute approximate surface area is 126 Å². The molecule has 0 aromatic heterocycles. The first-order valence-corrected chi connectivity index (χ1v) is 8.33. The number of methoxy groups -OCH3 is 1. The van der Waals surface area contributed by atoms with E-state index in [0.717, 1.165) is 37.4 Å². The molecule has 112 valence electrons. The Hall–Kier alpha value is -1.31. The molecule has 0 aliphatic heterocycles. The van der Waals surface area contributed by atoms with E-state index in [1.165, 1.54) is 24.0 Å². The van der Waals surface area contributed by atoms with E-state index in [1.54, 1.807) is 7.11 Å². The van der Waals surface area contributed by atoms with Crippen LogP contribution in [0.15, 0.2) is 18.2 Å². The lowest BCUT2D eigenvalue weighted by molar-refractivity contribution is -0.129. The first-order valence-electron chi connectivity index (χ1n) is 8.33. The van der Waals surface area contributed by atoms with Crippen LogP contribution in [0.3, 0.4) is 0 Å². The summed E-state index contributed by atoms with van der Waals surface area (Å²) in [6.45, 7) is 2.24. The number of fused-ring (bicyclic) bond motifs is 5. The van der Waals surface area contributed by atoms with Crippen LogP contribution in [0.1, 0.15) is 56.1 Å². The van der Waals surface area contributed by atoms with E-state index in [1.807, 2.05) is 0 Å². The Morgan fingerprint density at radius 3 is 2.86 bits per heavy atom. The quantitative estimate of drug-likeness (QED) is 0.775. The monoisotopic (exact) mass is 284 g/mol. The van der Waals surface area contributed by atoms with Gasteiger partial charge in [-0.1, -0.05) is 13.0 Å². The molecule has 0 N–H and O–H groups in total. The SMILES string of the molecule is COc1ccc2c(c1)CC[C@@H]1[C@@H]2CC[C@@]2(C)C(=O)CC[C@H]12. The molecule has 4 rings (SSSR count). The maximum Gasteiger partial charge on any atom is 0.139 e. The normalized spacial score (nSPS) is 37.6. The molecule has 0 heterocycles. The van der Waals surface area contributed by atoms with Gasteiger partial charge in [0.15, 0.2) is 0 Å². The van der Waals surface area contributed by atoms with Gasteiger partial charge < -0.3 is 4.74 Å². The zero-order chi connectivity index (χ0) is 14.6. The van der Waals surface area contributed by atoms with Crippen LogP contribution in [0.2, 0.25) is 0 Å². The average molecular weight is 284 g/mol. The second-order valence-corrected chi connectivity index (χ2v) is 7.40. The number of benzene rings is 1. The third kappa shape index (κ3) is 1.81. The molecule has 2 nitrogen and oxygen atoms in total. The largest absolute Gasteiger partial charge is 0.497 e. The van der Waals surface area contributed by atoms with Gasteiger partial charge in [-0.15, -0.1) is 0 Å². The number of hydrogen-bond acceptors (Lipinski definition) is 2. The minimum absolute atomic E-state index is 0.00879. The van der Waals surface area contributed by atoms with Crippen molar-refractivity contribution in [3.63, 3.8) is 0 Å². The third-order valence-electron chi connectivity index (χ3n) is 6.64. The molecule has 0 bridgehead atoms. The molecule has 2 heteroatoms. The zero-order valence-electron chi connectivity index (χ0n) is 13.0.